The number of hydrogen-bond acceptors (Lipinski definition) is 3. The largest absolute Gasteiger partial charge is 0.455 e. The van der Waals surface area contributed by atoms with E-state index in [0.29, 0.717) is 0 Å². The summed E-state index contributed by atoms with van der Waals surface area (Å²) in [7, 11) is 0. The smallest absolute Gasteiger partial charge is 0.141 e. The van der Waals surface area contributed by atoms with Crippen LogP contribution in [0.15, 0.2) is 59.2 Å². The number of fused-ring (bicyclic) bond motifs is 1. The van der Waals surface area contributed by atoms with E-state index in [1.165, 1.54) is 0 Å². The Balaban J connectivity index is 1.99. The van der Waals surface area contributed by atoms with Gasteiger partial charge in [-0.05, 0) is 64.8 Å². The Morgan fingerprint density at radius 1 is 1.10 bits per heavy atom. The standard InChI is InChI=1S/C17H15BrN2O/c1-11(19)12-7-8-17(14(18)10-12)21-16-6-2-5-15-13(16)4-3-9-20-15/h2-11H,19H2,1H3. The lowest BCUT2D eigenvalue weighted by molar-refractivity contribution is 0.484. The quantitative estimate of drug-likeness (QED) is 0.742. The van der Waals surface area contributed by atoms with Crippen LogP contribution in [-0.4, -0.2) is 4.98 Å². The molecule has 3 aromatic rings. The number of benzene rings is 2. The number of halogens is 1. The summed E-state index contributed by atoms with van der Waals surface area (Å²) >= 11 is 3.54. The van der Waals surface area contributed by atoms with Gasteiger partial charge in [0.2, 0.25) is 0 Å². The van der Waals surface area contributed by atoms with E-state index < -0.39 is 0 Å². The number of nitrogens with two attached hydrogens (primary N) is 1. The molecule has 2 N–H and O–H groups in total. The minimum Gasteiger partial charge on any atom is -0.455 e. The summed E-state index contributed by atoms with van der Waals surface area (Å²) < 4.78 is 6.92. The zero-order valence-electron chi connectivity index (χ0n) is 11.6. The second-order valence-electron chi connectivity index (χ2n) is 4.91. The number of hydrogen-bond donors (Lipinski definition) is 1. The lowest BCUT2D eigenvalue weighted by Gasteiger charge is -2.12. The van der Waals surface area contributed by atoms with Gasteiger partial charge < -0.3 is 10.5 Å². The summed E-state index contributed by atoms with van der Waals surface area (Å²) in [5.74, 6) is 1.55. The van der Waals surface area contributed by atoms with Crippen molar-refractivity contribution in [2.45, 2.75) is 13.0 Å². The van der Waals surface area contributed by atoms with E-state index in [9.17, 15) is 0 Å². The van der Waals surface area contributed by atoms with E-state index in [-0.39, 0.29) is 6.04 Å². The Morgan fingerprint density at radius 2 is 1.95 bits per heavy atom. The molecule has 1 heterocycles. The number of rotatable bonds is 3. The van der Waals surface area contributed by atoms with Crippen LogP contribution in [-0.2, 0) is 0 Å². The summed E-state index contributed by atoms with van der Waals surface area (Å²) in [6, 6.07) is 15.7. The first kappa shape index (κ1) is 14.0. The first-order chi connectivity index (χ1) is 10.1. The highest BCUT2D eigenvalue weighted by molar-refractivity contribution is 9.10. The van der Waals surface area contributed by atoms with Crippen LogP contribution in [0.4, 0.5) is 0 Å². The molecule has 0 aliphatic heterocycles. The Morgan fingerprint density at radius 3 is 2.71 bits per heavy atom. The molecule has 0 spiro atoms. The van der Waals surface area contributed by atoms with Crippen molar-refractivity contribution >= 4 is 26.8 Å². The third-order valence-corrected chi connectivity index (χ3v) is 3.93. The van der Waals surface area contributed by atoms with Gasteiger partial charge in [0.25, 0.3) is 0 Å². The molecule has 1 aromatic heterocycles. The molecule has 0 aliphatic rings. The van der Waals surface area contributed by atoms with Crippen LogP contribution < -0.4 is 10.5 Å². The Hall–Kier alpha value is -1.91. The van der Waals surface area contributed by atoms with Gasteiger partial charge in [-0.15, -0.1) is 0 Å². The summed E-state index contributed by atoms with van der Waals surface area (Å²) in [6.45, 7) is 1.96. The predicted molar refractivity (Wildman–Crippen MR) is 88.6 cm³/mol. The fraction of sp³-hybridized carbons (Fsp3) is 0.118. The molecule has 0 aliphatic carbocycles. The van der Waals surface area contributed by atoms with Crippen molar-refractivity contribution in [1.82, 2.24) is 4.98 Å². The topological polar surface area (TPSA) is 48.1 Å². The van der Waals surface area contributed by atoms with Crippen molar-refractivity contribution < 1.29 is 4.74 Å². The average molecular weight is 343 g/mol. The minimum absolute atomic E-state index is 0.00268. The molecular weight excluding hydrogens is 328 g/mol. The fourth-order valence-corrected chi connectivity index (χ4v) is 2.64. The van der Waals surface area contributed by atoms with Crippen molar-refractivity contribution in [1.29, 1.82) is 0 Å². The monoisotopic (exact) mass is 342 g/mol. The molecule has 1 unspecified atom stereocenters. The average Bonchev–Trinajstić information content (AvgIpc) is 2.49. The molecule has 3 rings (SSSR count). The van der Waals surface area contributed by atoms with Gasteiger partial charge in [0.1, 0.15) is 11.5 Å². The van der Waals surface area contributed by atoms with Crippen molar-refractivity contribution in [3.8, 4) is 11.5 Å². The van der Waals surface area contributed by atoms with E-state index >= 15 is 0 Å². The van der Waals surface area contributed by atoms with Crippen LogP contribution in [0.1, 0.15) is 18.5 Å². The maximum absolute atomic E-state index is 6.03. The van der Waals surface area contributed by atoms with E-state index in [2.05, 4.69) is 20.9 Å². The first-order valence-corrected chi connectivity index (χ1v) is 7.51. The van der Waals surface area contributed by atoms with Crippen LogP contribution in [0.3, 0.4) is 0 Å². The highest BCUT2D eigenvalue weighted by atomic mass is 79.9. The molecule has 1 atom stereocenters. The molecule has 3 nitrogen and oxygen atoms in total. The van der Waals surface area contributed by atoms with Gasteiger partial charge in [0.15, 0.2) is 0 Å². The van der Waals surface area contributed by atoms with Crippen molar-refractivity contribution in [2.24, 2.45) is 5.73 Å². The van der Waals surface area contributed by atoms with Crippen molar-refractivity contribution in [3.63, 3.8) is 0 Å². The number of nitrogens with zero attached hydrogens (tertiary/aromatic N) is 1. The van der Waals surface area contributed by atoms with Gasteiger partial charge in [-0.25, -0.2) is 0 Å². The second kappa shape index (κ2) is 5.84. The van der Waals surface area contributed by atoms with Crippen LogP contribution in [0, 0.1) is 0 Å². The zero-order chi connectivity index (χ0) is 14.8. The van der Waals surface area contributed by atoms with Gasteiger partial charge in [0.05, 0.1) is 9.99 Å². The van der Waals surface area contributed by atoms with Gasteiger partial charge in [-0.2, -0.15) is 0 Å². The van der Waals surface area contributed by atoms with E-state index in [1.807, 2.05) is 55.5 Å². The number of ether oxygens (including phenoxy) is 1. The van der Waals surface area contributed by atoms with E-state index in [0.717, 1.165) is 32.4 Å². The molecule has 106 valence electrons. The van der Waals surface area contributed by atoms with Gasteiger partial charge >= 0.3 is 0 Å². The summed E-state index contributed by atoms with van der Waals surface area (Å²) in [5, 5.41) is 0.989. The minimum atomic E-state index is -0.00268. The summed E-state index contributed by atoms with van der Waals surface area (Å²) in [6.07, 6.45) is 1.78. The number of aromatic nitrogens is 1. The molecule has 0 bridgehead atoms. The van der Waals surface area contributed by atoms with Gasteiger partial charge in [-0.1, -0.05) is 12.1 Å². The van der Waals surface area contributed by atoms with Crippen LogP contribution in [0.25, 0.3) is 10.9 Å². The summed E-state index contributed by atoms with van der Waals surface area (Å²) in [4.78, 5) is 4.33. The van der Waals surface area contributed by atoms with Gasteiger partial charge in [-0.3, -0.25) is 4.98 Å². The van der Waals surface area contributed by atoms with Crippen LogP contribution >= 0.6 is 15.9 Å². The molecule has 0 saturated carbocycles. The fourth-order valence-electron chi connectivity index (χ4n) is 2.17. The van der Waals surface area contributed by atoms with Crippen LogP contribution in [0.5, 0.6) is 11.5 Å². The normalized spacial score (nSPS) is 12.3. The molecule has 0 saturated heterocycles. The molecule has 0 amide bonds. The predicted octanol–water partition coefficient (Wildman–Crippen LogP) is 4.81. The molecule has 0 fully saturated rings. The first-order valence-electron chi connectivity index (χ1n) is 6.72. The third kappa shape index (κ3) is 2.91. The second-order valence-corrected chi connectivity index (χ2v) is 5.76. The lowest BCUT2D eigenvalue weighted by atomic mass is 10.1. The van der Waals surface area contributed by atoms with Crippen molar-refractivity contribution in [2.75, 3.05) is 0 Å². The third-order valence-electron chi connectivity index (χ3n) is 3.31. The maximum atomic E-state index is 6.03. The maximum Gasteiger partial charge on any atom is 0.141 e. The molecular formula is C17H15BrN2O. The molecule has 2 aromatic carbocycles. The molecule has 4 heteroatoms. The number of pyridine rings is 1. The van der Waals surface area contributed by atoms with Crippen molar-refractivity contribution in [3.05, 3.63) is 64.8 Å². The SMILES string of the molecule is CC(N)c1ccc(Oc2cccc3ncccc23)c(Br)c1. The van der Waals surface area contributed by atoms with Gasteiger partial charge in [0, 0.05) is 17.6 Å². The Bertz CT molecular complexity index is 781. The highest BCUT2D eigenvalue weighted by Crippen LogP contribution is 2.34. The summed E-state index contributed by atoms with van der Waals surface area (Å²) in [5.41, 5.74) is 7.87. The molecule has 21 heavy (non-hydrogen) atoms. The van der Waals surface area contributed by atoms with E-state index in [1.54, 1.807) is 6.20 Å². The Labute approximate surface area is 131 Å². The Kier molecular flexibility index (Phi) is 3.90. The van der Waals surface area contributed by atoms with E-state index in [4.69, 9.17) is 10.5 Å². The zero-order valence-corrected chi connectivity index (χ0v) is 13.2. The molecule has 0 radical (unpaired) electrons. The van der Waals surface area contributed by atoms with Crippen LogP contribution in [0.2, 0.25) is 0 Å². The lowest BCUT2D eigenvalue weighted by Crippen LogP contribution is -2.04. The highest BCUT2D eigenvalue weighted by Gasteiger charge is 2.08.